The molecule has 0 aromatic heterocycles. The van der Waals surface area contributed by atoms with Crippen molar-refractivity contribution in [2.24, 2.45) is 0 Å². The van der Waals surface area contributed by atoms with Gasteiger partial charge in [0.05, 0.1) is 0 Å². The van der Waals surface area contributed by atoms with Crippen LogP contribution in [0, 0.1) is 0 Å². The predicted octanol–water partition coefficient (Wildman–Crippen LogP) is 0.0421. The van der Waals surface area contributed by atoms with Crippen LogP contribution in [0.2, 0.25) is 0 Å². The van der Waals surface area contributed by atoms with Gasteiger partial charge in [-0.05, 0) is 45.8 Å². The number of carboxylic acids is 1. The monoisotopic (exact) mass is 332 g/mol. The van der Waals surface area contributed by atoms with Crippen LogP contribution in [0.15, 0.2) is 0 Å². The second-order valence-corrected chi connectivity index (χ2v) is 9.03. The van der Waals surface area contributed by atoms with Gasteiger partial charge in [0.25, 0.3) is 5.91 Å². The van der Waals surface area contributed by atoms with Crippen LogP contribution in [0.5, 0.6) is 0 Å². The van der Waals surface area contributed by atoms with E-state index in [0.29, 0.717) is 0 Å². The molecule has 2 unspecified atom stereocenters. The van der Waals surface area contributed by atoms with Crippen LogP contribution in [-0.4, -0.2) is 60.3 Å². The number of carbonyl (C=O) groups excluding carboxylic acids is 2. The van der Waals surface area contributed by atoms with E-state index >= 15 is 0 Å². The number of nitrogens with zero attached hydrogens (tertiary/aromatic N) is 1. The van der Waals surface area contributed by atoms with Crippen molar-refractivity contribution < 1.29 is 28.8 Å². The van der Waals surface area contributed by atoms with Crippen LogP contribution < -0.4 is 5.32 Å². The fourth-order valence-corrected chi connectivity index (χ4v) is 4.65. The summed E-state index contributed by atoms with van der Waals surface area (Å²) in [5.74, 6) is -1.76. The molecule has 2 N–H and O–H groups in total. The number of aliphatic carboxylic acids is 1. The van der Waals surface area contributed by atoms with Crippen LogP contribution >= 0.6 is 0 Å². The first-order chi connectivity index (χ1) is 9.88. The Bertz CT molecular complexity index is 529. The van der Waals surface area contributed by atoms with Crippen molar-refractivity contribution >= 4 is 29.1 Å². The van der Waals surface area contributed by atoms with Crippen molar-refractivity contribution in [3.05, 3.63) is 0 Å². The summed E-state index contributed by atoms with van der Waals surface area (Å²) in [6, 6.07) is -2.18. The quantitative estimate of drug-likeness (QED) is 0.544. The van der Waals surface area contributed by atoms with Gasteiger partial charge in [0.1, 0.15) is 5.60 Å². The Kier molecular flexibility index (Phi) is 3.85. The van der Waals surface area contributed by atoms with E-state index in [0.717, 1.165) is 4.90 Å². The Labute approximate surface area is 131 Å². The lowest BCUT2D eigenvalue weighted by Gasteiger charge is -2.41. The maximum atomic E-state index is 12.5. The molecule has 0 spiro atoms. The molecule has 2 aliphatic rings. The molecule has 0 aromatic carbocycles. The smallest absolute Gasteiger partial charge is 0.408 e. The molecular weight excluding hydrogens is 312 g/mol. The molecule has 2 aliphatic heterocycles. The van der Waals surface area contributed by atoms with E-state index in [1.165, 1.54) is 13.8 Å². The largest absolute Gasteiger partial charge is 0.614 e. The van der Waals surface area contributed by atoms with E-state index in [1.54, 1.807) is 20.8 Å². The highest BCUT2D eigenvalue weighted by atomic mass is 32.2. The molecule has 2 rings (SSSR count). The number of β-lactam (4-membered cyclic amide) rings is 1. The Balaban J connectivity index is 2.15. The van der Waals surface area contributed by atoms with Gasteiger partial charge < -0.3 is 19.7 Å². The standard InChI is InChI=1S/C13H20N2O6S/c1-12(2,3)21-11(19)14-6-8(16)15-7(10(17)18)13(4,5)22(20)9(6)15/h6-7,9H,1-5H3,(H,14,19)(H,17,18)/t6?,7-,9+,22?/m0/s1. The van der Waals surface area contributed by atoms with Crippen molar-refractivity contribution in [2.75, 3.05) is 0 Å². The van der Waals surface area contributed by atoms with Gasteiger partial charge in [-0.1, -0.05) is 0 Å². The third-order valence-corrected chi connectivity index (χ3v) is 5.86. The van der Waals surface area contributed by atoms with Crippen LogP contribution in [-0.2, 0) is 25.5 Å². The fourth-order valence-electron chi connectivity index (χ4n) is 2.73. The summed E-state index contributed by atoms with van der Waals surface area (Å²) in [6.07, 6.45) is -0.793. The summed E-state index contributed by atoms with van der Waals surface area (Å²) in [7, 11) is 0. The Morgan fingerprint density at radius 3 is 2.41 bits per heavy atom. The Hall–Kier alpha value is -1.48. The number of hydrogen-bond donors (Lipinski definition) is 2. The molecule has 4 atom stereocenters. The first kappa shape index (κ1) is 16.9. The topological polar surface area (TPSA) is 119 Å². The molecular formula is C13H20N2O6S. The molecule has 9 heteroatoms. The molecule has 22 heavy (non-hydrogen) atoms. The lowest BCUT2D eigenvalue weighted by atomic mass is 9.96. The predicted molar refractivity (Wildman–Crippen MR) is 77.4 cm³/mol. The van der Waals surface area contributed by atoms with Crippen molar-refractivity contribution in [2.45, 2.75) is 62.4 Å². The zero-order valence-corrected chi connectivity index (χ0v) is 13.9. The number of rotatable bonds is 2. The summed E-state index contributed by atoms with van der Waals surface area (Å²) in [5.41, 5.74) is -0.728. The molecule has 2 amide bonds. The molecule has 124 valence electrons. The summed E-state index contributed by atoms with van der Waals surface area (Å²) in [6.45, 7) is 8.12. The van der Waals surface area contributed by atoms with E-state index in [9.17, 15) is 24.0 Å². The van der Waals surface area contributed by atoms with Crippen molar-refractivity contribution in [1.82, 2.24) is 10.2 Å². The number of ether oxygens (including phenoxy) is 1. The Morgan fingerprint density at radius 2 is 1.95 bits per heavy atom. The summed E-state index contributed by atoms with van der Waals surface area (Å²) in [5, 5.41) is 10.8. The molecule has 8 nitrogen and oxygen atoms in total. The zero-order chi connectivity index (χ0) is 17.0. The highest BCUT2D eigenvalue weighted by molar-refractivity contribution is 7.94. The number of carbonyl (C=O) groups is 3. The average molecular weight is 332 g/mol. The third kappa shape index (κ3) is 2.52. The second-order valence-electron chi connectivity index (χ2n) is 6.90. The lowest BCUT2D eigenvalue weighted by molar-refractivity contribution is -0.160. The van der Waals surface area contributed by atoms with Crippen molar-refractivity contribution in [1.29, 1.82) is 0 Å². The summed E-state index contributed by atoms with van der Waals surface area (Å²) in [4.78, 5) is 36.4. The van der Waals surface area contributed by atoms with Gasteiger partial charge in [-0.15, -0.1) is 0 Å². The minimum absolute atomic E-state index is 0.554. The Morgan fingerprint density at radius 1 is 1.41 bits per heavy atom. The molecule has 0 aliphatic carbocycles. The molecule has 0 radical (unpaired) electrons. The first-order valence-electron chi connectivity index (χ1n) is 6.83. The van der Waals surface area contributed by atoms with Crippen LogP contribution in [0.4, 0.5) is 4.79 Å². The third-order valence-electron chi connectivity index (χ3n) is 3.66. The van der Waals surface area contributed by atoms with Crippen molar-refractivity contribution in [3.8, 4) is 0 Å². The van der Waals surface area contributed by atoms with Gasteiger partial charge >= 0.3 is 12.1 Å². The van der Waals surface area contributed by atoms with E-state index in [1.807, 2.05) is 0 Å². The second kappa shape index (κ2) is 5.02. The molecule has 2 fully saturated rings. The van der Waals surface area contributed by atoms with Gasteiger partial charge in [-0.2, -0.15) is 0 Å². The number of alkyl carbamates (subject to hydrolysis) is 1. The SMILES string of the molecule is CC(C)(C)OC(=O)NC1C(=O)N2[C@@H]1[S+]([O-])C(C)(C)[C@@H]2C(=O)O. The van der Waals surface area contributed by atoms with Gasteiger partial charge in [0.2, 0.25) is 5.37 Å². The van der Waals surface area contributed by atoms with Crippen LogP contribution in [0.25, 0.3) is 0 Å². The number of carboxylic acid groups (broad SMARTS) is 1. The van der Waals surface area contributed by atoms with Gasteiger partial charge in [0.15, 0.2) is 16.8 Å². The molecule has 0 saturated carbocycles. The van der Waals surface area contributed by atoms with Crippen molar-refractivity contribution in [3.63, 3.8) is 0 Å². The van der Waals surface area contributed by atoms with E-state index in [2.05, 4.69) is 5.32 Å². The average Bonchev–Trinajstić information content (AvgIpc) is 2.50. The van der Waals surface area contributed by atoms with E-state index in [4.69, 9.17) is 4.74 Å². The summed E-state index contributed by atoms with van der Waals surface area (Å²) < 4.78 is 16.5. The molecule has 2 heterocycles. The van der Waals surface area contributed by atoms with Crippen LogP contribution in [0.1, 0.15) is 34.6 Å². The molecule has 0 aromatic rings. The van der Waals surface area contributed by atoms with E-state index < -0.39 is 57.0 Å². The first-order valence-corrected chi connectivity index (χ1v) is 8.04. The minimum Gasteiger partial charge on any atom is -0.614 e. The zero-order valence-electron chi connectivity index (χ0n) is 13.1. The highest BCUT2D eigenvalue weighted by Gasteiger charge is 2.72. The van der Waals surface area contributed by atoms with Crippen LogP contribution in [0.3, 0.4) is 0 Å². The minimum atomic E-state index is -1.61. The number of hydrogen-bond acceptors (Lipinski definition) is 5. The maximum Gasteiger partial charge on any atom is 0.408 e. The normalized spacial score (nSPS) is 33.0. The molecule has 0 bridgehead atoms. The van der Waals surface area contributed by atoms with Gasteiger partial charge in [-0.3, -0.25) is 9.69 Å². The fraction of sp³-hybridized carbons (Fsp3) is 0.769. The highest BCUT2D eigenvalue weighted by Crippen LogP contribution is 2.45. The van der Waals surface area contributed by atoms with Gasteiger partial charge in [-0.25, -0.2) is 9.59 Å². The summed E-state index contributed by atoms with van der Waals surface area (Å²) >= 11 is -1.61. The number of nitrogens with one attached hydrogen (secondary N) is 1. The maximum absolute atomic E-state index is 12.5. The van der Waals surface area contributed by atoms with Gasteiger partial charge in [0, 0.05) is 0 Å². The lowest BCUT2D eigenvalue weighted by Crippen LogP contribution is -2.72. The number of amides is 2. The molecule has 2 saturated heterocycles. The van der Waals surface area contributed by atoms with E-state index in [-0.39, 0.29) is 0 Å². The number of fused-ring (bicyclic) bond motifs is 1.